The highest BCUT2D eigenvalue weighted by Crippen LogP contribution is 2.30. The van der Waals surface area contributed by atoms with Gasteiger partial charge in [0, 0.05) is 49.0 Å². The normalized spacial score (nSPS) is 16.8. The number of amides is 1. The summed E-state index contributed by atoms with van der Waals surface area (Å²) in [5.41, 5.74) is 2.70. The number of benzene rings is 1. The third-order valence-corrected chi connectivity index (χ3v) is 6.99. The van der Waals surface area contributed by atoms with Crippen LogP contribution in [0.4, 0.5) is 5.82 Å². The minimum absolute atomic E-state index is 0.0615. The van der Waals surface area contributed by atoms with E-state index in [2.05, 4.69) is 30.9 Å². The van der Waals surface area contributed by atoms with E-state index in [0.717, 1.165) is 34.9 Å². The van der Waals surface area contributed by atoms with Crippen LogP contribution in [-0.2, 0) is 11.2 Å². The number of nitrogens with zero attached hydrogens (tertiary/aromatic N) is 4. The lowest BCUT2D eigenvalue weighted by atomic mass is 9.98. The molecular weight excluding hydrogens is 500 g/mol. The Kier molecular flexibility index (Phi) is 5.95. The topological polar surface area (TPSA) is 116 Å². The standard InChI is InChI=1S/C24H25BrN6O3/c1-13-9-18-19(11-17(13)24(33)30-6-3-15-10-16(25)12-28-22(15)30)31(20(26)23(32)29-18)21(27-2)14-4-7-34-8-5-14/h9-12,14,26H,3-8H2,1-2H3,(H,29,32). The van der Waals surface area contributed by atoms with Gasteiger partial charge in [0.2, 0.25) is 0 Å². The van der Waals surface area contributed by atoms with Gasteiger partial charge in [0.25, 0.3) is 11.5 Å². The van der Waals surface area contributed by atoms with E-state index in [-0.39, 0.29) is 17.3 Å². The van der Waals surface area contributed by atoms with Gasteiger partial charge in [-0.25, -0.2) is 4.98 Å². The van der Waals surface area contributed by atoms with E-state index >= 15 is 0 Å². The summed E-state index contributed by atoms with van der Waals surface area (Å²) in [6.07, 6.45) is 3.95. The number of rotatable bonds is 2. The van der Waals surface area contributed by atoms with Gasteiger partial charge in [-0.15, -0.1) is 0 Å². The highest BCUT2D eigenvalue weighted by Gasteiger charge is 2.29. The predicted octanol–water partition coefficient (Wildman–Crippen LogP) is 2.78. The lowest BCUT2D eigenvalue weighted by molar-refractivity contribution is 0.0821. The first kappa shape index (κ1) is 22.7. The van der Waals surface area contributed by atoms with Gasteiger partial charge in [0.15, 0.2) is 5.49 Å². The van der Waals surface area contributed by atoms with Crippen molar-refractivity contribution in [2.24, 2.45) is 10.9 Å². The molecule has 4 heterocycles. The van der Waals surface area contributed by atoms with Crippen LogP contribution in [0.15, 0.2) is 38.7 Å². The molecule has 0 atom stereocenters. The van der Waals surface area contributed by atoms with E-state index < -0.39 is 5.56 Å². The van der Waals surface area contributed by atoms with Gasteiger partial charge in [-0.3, -0.25) is 29.5 Å². The van der Waals surface area contributed by atoms with E-state index in [0.29, 0.717) is 48.0 Å². The van der Waals surface area contributed by atoms with Crippen molar-refractivity contribution >= 4 is 44.5 Å². The van der Waals surface area contributed by atoms with Crippen molar-refractivity contribution in [1.82, 2.24) is 14.5 Å². The number of nitrogens with one attached hydrogen (secondary N) is 2. The zero-order valence-corrected chi connectivity index (χ0v) is 20.6. The summed E-state index contributed by atoms with van der Waals surface area (Å²) in [6.45, 7) is 3.62. The lowest BCUT2D eigenvalue weighted by Gasteiger charge is -2.26. The molecule has 1 saturated heterocycles. The number of hydrogen-bond acceptors (Lipinski definition) is 6. The van der Waals surface area contributed by atoms with Crippen LogP contribution in [-0.4, -0.2) is 53.1 Å². The number of anilines is 1. The molecule has 0 aliphatic carbocycles. The van der Waals surface area contributed by atoms with E-state index in [4.69, 9.17) is 10.1 Å². The molecule has 2 aliphatic rings. The third-order valence-electron chi connectivity index (χ3n) is 6.56. The minimum Gasteiger partial charge on any atom is -0.381 e. The molecule has 176 valence electrons. The molecule has 1 aromatic carbocycles. The second-order valence-corrected chi connectivity index (χ2v) is 9.55. The second-order valence-electron chi connectivity index (χ2n) is 8.63. The summed E-state index contributed by atoms with van der Waals surface area (Å²) in [6, 6.07) is 5.55. The van der Waals surface area contributed by atoms with Gasteiger partial charge in [-0.2, -0.15) is 0 Å². The molecule has 0 unspecified atom stereocenters. The minimum atomic E-state index is -0.498. The van der Waals surface area contributed by atoms with Crippen LogP contribution in [0.3, 0.4) is 0 Å². The fourth-order valence-corrected chi connectivity index (χ4v) is 5.24. The molecule has 34 heavy (non-hydrogen) atoms. The third kappa shape index (κ3) is 3.80. The van der Waals surface area contributed by atoms with Crippen molar-refractivity contribution < 1.29 is 9.53 Å². The van der Waals surface area contributed by atoms with Gasteiger partial charge in [0.05, 0.1) is 11.0 Å². The zero-order chi connectivity index (χ0) is 24.0. The molecule has 3 aromatic rings. The summed E-state index contributed by atoms with van der Waals surface area (Å²) < 4.78 is 7.97. The Hall–Kier alpha value is -3.11. The smallest absolute Gasteiger partial charge is 0.291 e. The number of aromatic amines is 1. The molecule has 5 rings (SSSR count). The molecular formula is C24H25BrN6O3. The highest BCUT2D eigenvalue weighted by molar-refractivity contribution is 9.10. The molecule has 0 bridgehead atoms. The first-order chi connectivity index (χ1) is 16.4. The number of fused-ring (bicyclic) bond motifs is 2. The Bertz CT molecular complexity index is 1450. The summed E-state index contributed by atoms with van der Waals surface area (Å²) in [5.74, 6) is 1.22. The van der Waals surface area contributed by atoms with Gasteiger partial charge in [0.1, 0.15) is 11.7 Å². The van der Waals surface area contributed by atoms with Crippen molar-refractivity contribution in [3.05, 3.63) is 61.4 Å². The fourth-order valence-electron chi connectivity index (χ4n) is 4.86. The number of halogens is 1. The average Bonchev–Trinajstić information content (AvgIpc) is 3.25. The van der Waals surface area contributed by atoms with Crippen LogP contribution in [0, 0.1) is 18.3 Å². The first-order valence-electron chi connectivity index (χ1n) is 11.2. The van der Waals surface area contributed by atoms with Crippen LogP contribution >= 0.6 is 15.9 Å². The van der Waals surface area contributed by atoms with Gasteiger partial charge in [-0.1, -0.05) is 0 Å². The number of pyridine rings is 1. The molecule has 2 aromatic heterocycles. The number of hydrogen-bond donors (Lipinski definition) is 2. The van der Waals surface area contributed by atoms with Gasteiger partial charge in [-0.05, 0) is 71.4 Å². The van der Waals surface area contributed by atoms with E-state index in [9.17, 15) is 9.59 Å². The van der Waals surface area contributed by atoms with Gasteiger partial charge < -0.3 is 9.72 Å². The van der Waals surface area contributed by atoms with E-state index in [1.165, 1.54) is 0 Å². The van der Waals surface area contributed by atoms with E-state index in [1.807, 2.05) is 13.0 Å². The van der Waals surface area contributed by atoms with Crippen LogP contribution in [0.1, 0.15) is 34.3 Å². The largest absolute Gasteiger partial charge is 0.381 e. The Morgan fingerprint density at radius 2 is 2.06 bits per heavy atom. The molecule has 0 saturated carbocycles. The monoisotopic (exact) mass is 524 g/mol. The summed E-state index contributed by atoms with van der Waals surface area (Å²) in [5, 5.41) is 8.54. The Balaban J connectivity index is 1.66. The number of aromatic nitrogens is 3. The first-order valence-corrected chi connectivity index (χ1v) is 12.0. The number of carbonyl (C=O) groups excluding carboxylic acids is 1. The molecule has 1 amide bonds. The Labute approximate surface area is 204 Å². The fraction of sp³-hybridized carbons (Fsp3) is 0.375. The number of aliphatic imine (C=N–C) groups is 1. The molecule has 2 N–H and O–H groups in total. The summed E-state index contributed by atoms with van der Waals surface area (Å²) in [7, 11) is 1.68. The van der Waals surface area contributed by atoms with Gasteiger partial charge >= 0.3 is 0 Å². The molecule has 10 heteroatoms. The SMILES string of the molecule is CN=C(C1CCOCC1)n1c(=N)c(=O)[nH]c2cc(C)c(C(=O)N3CCc4cc(Br)cnc43)cc21. The van der Waals surface area contributed by atoms with Crippen molar-refractivity contribution in [3.8, 4) is 0 Å². The number of carbonyl (C=O) groups is 1. The maximum absolute atomic E-state index is 13.7. The summed E-state index contributed by atoms with van der Waals surface area (Å²) >= 11 is 3.44. The second kappa shape index (κ2) is 8.92. The van der Waals surface area contributed by atoms with E-state index in [1.54, 1.807) is 34.8 Å². The molecule has 0 radical (unpaired) electrons. The van der Waals surface area contributed by atoms with Crippen LogP contribution in [0.2, 0.25) is 0 Å². The van der Waals surface area contributed by atoms with Crippen molar-refractivity contribution in [2.75, 3.05) is 31.7 Å². The number of H-pyrrole nitrogens is 1. The molecule has 2 aliphatic heterocycles. The zero-order valence-electron chi connectivity index (χ0n) is 19.0. The van der Waals surface area contributed by atoms with Crippen molar-refractivity contribution in [3.63, 3.8) is 0 Å². The predicted molar refractivity (Wildman–Crippen MR) is 133 cm³/mol. The molecule has 0 spiro atoms. The van der Waals surface area contributed by atoms with Crippen LogP contribution in [0.25, 0.3) is 11.0 Å². The maximum atomic E-state index is 13.7. The highest BCUT2D eigenvalue weighted by atomic mass is 79.9. The number of aryl methyl sites for hydroxylation is 1. The molecule has 1 fully saturated rings. The van der Waals surface area contributed by atoms with Crippen LogP contribution in [0.5, 0.6) is 0 Å². The summed E-state index contributed by atoms with van der Waals surface area (Å²) in [4.78, 5) is 39.7. The van der Waals surface area contributed by atoms with Crippen LogP contribution < -0.4 is 15.9 Å². The quantitative estimate of drug-likeness (QED) is 0.395. The Morgan fingerprint density at radius 3 is 2.79 bits per heavy atom. The lowest BCUT2D eigenvalue weighted by Crippen LogP contribution is -2.43. The number of ether oxygens (including phenoxy) is 1. The van der Waals surface area contributed by atoms with Crippen molar-refractivity contribution in [2.45, 2.75) is 26.2 Å². The molecule has 9 nitrogen and oxygen atoms in total. The van der Waals surface area contributed by atoms with Crippen molar-refractivity contribution in [1.29, 1.82) is 5.41 Å². The Morgan fingerprint density at radius 1 is 1.29 bits per heavy atom. The average molecular weight is 525 g/mol. The maximum Gasteiger partial charge on any atom is 0.291 e.